The van der Waals surface area contributed by atoms with E-state index in [0.29, 0.717) is 5.13 Å². The van der Waals surface area contributed by atoms with Crippen molar-refractivity contribution in [3.8, 4) is 0 Å². The van der Waals surface area contributed by atoms with Crippen molar-refractivity contribution in [1.29, 1.82) is 0 Å². The second-order valence-electron chi connectivity index (χ2n) is 2.44. The molecule has 2 aromatic rings. The van der Waals surface area contributed by atoms with Crippen molar-refractivity contribution in [3.05, 3.63) is 24.3 Å². The third-order valence-electron chi connectivity index (χ3n) is 1.51. The lowest BCUT2D eigenvalue weighted by Crippen LogP contribution is -2.08. The Labute approximate surface area is 78.4 Å². The maximum Gasteiger partial charge on any atom is 0.339 e. The zero-order chi connectivity index (χ0) is 9.26. The number of carbonyl (C=O) groups is 1. The Kier molecular flexibility index (Phi) is 1.86. The third kappa shape index (κ3) is 1.59. The van der Waals surface area contributed by atoms with Gasteiger partial charge >= 0.3 is 6.03 Å². The van der Waals surface area contributed by atoms with Gasteiger partial charge in [-0.25, -0.2) is 15.5 Å². The molecule has 13 heavy (non-hydrogen) atoms. The largest absolute Gasteiger partial charge is 0.339 e. The molecule has 0 fully saturated rings. The standard InChI is InChI=1S/C8H6N3OS/c9-7(12)11-8-10-5-3-1-2-4-6(5)13-8/h1-4,9H,(H,10,11,12). The van der Waals surface area contributed by atoms with Gasteiger partial charge in [-0.2, -0.15) is 0 Å². The molecule has 0 aliphatic rings. The number of hydrogen-bond donors (Lipinski definition) is 1. The topological polar surface area (TPSA) is 65.8 Å². The summed E-state index contributed by atoms with van der Waals surface area (Å²) in [6.45, 7) is 0. The number of fused-ring (bicyclic) bond motifs is 1. The summed E-state index contributed by atoms with van der Waals surface area (Å²) in [4.78, 5) is 14.5. The zero-order valence-electron chi connectivity index (χ0n) is 6.57. The maximum atomic E-state index is 10.4. The quantitative estimate of drug-likeness (QED) is 0.751. The fraction of sp³-hybridized carbons (Fsp3) is 0. The first-order valence-corrected chi connectivity index (χ1v) is 4.45. The second kappa shape index (κ2) is 3.02. The fourth-order valence-corrected chi connectivity index (χ4v) is 1.88. The number of hydrogen-bond acceptors (Lipinski definition) is 3. The maximum absolute atomic E-state index is 10.4. The third-order valence-corrected chi connectivity index (χ3v) is 2.47. The first-order valence-electron chi connectivity index (χ1n) is 3.64. The van der Waals surface area contributed by atoms with Crippen molar-refractivity contribution in [2.75, 3.05) is 5.32 Å². The number of benzene rings is 1. The van der Waals surface area contributed by atoms with Gasteiger partial charge in [0.05, 0.1) is 10.2 Å². The summed E-state index contributed by atoms with van der Waals surface area (Å²) in [6.07, 6.45) is 0. The molecule has 1 heterocycles. The number of rotatable bonds is 1. The lowest BCUT2D eigenvalue weighted by atomic mass is 10.3. The Hall–Kier alpha value is -1.62. The van der Waals surface area contributed by atoms with Crippen molar-refractivity contribution in [2.45, 2.75) is 0 Å². The first kappa shape index (κ1) is 8.00. The van der Waals surface area contributed by atoms with Gasteiger partial charge in [0, 0.05) is 0 Å². The molecular formula is C8H6N3OS. The molecule has 65 valence electrons. The van der Waals surface area contributed by atoms with Gasteiger partial charge < -0.3 is 0 Å². The van der Waals surface area contributed by atoms with Crippen LogP contribution in [0.4, 0.5) is 9.93 Å². The Balaban J connectivity index is 2.44. The van der Waals surface area contributed by atoms with Crippen LogP contribution >= 0.6 is 11.3 Å². The molecule has 0 unspecified atom stereocenters. The van der Waals surface area contributed by atoms with Crippen molar-refractivity contribution >= 4 is 32.7 Å². The van der Waals surface area contributed by atoms with E-state index in [1.807, 2.05) is 24.3 Å². The first-order chi connectivity index (χ1) is 6.25. The number of thiazole rings is 1. The Morgan fingerprint density at radius 3 is 2.92 bits per heavy atom. The number of aromatic nitrogens is 1. The molecule has 1 aromatic heterocycles. The average molecular weight is 192 g/mol. The molecule has 2 amide bonds. The van der Waals surface area contributed by atoms with E-state index in [1.54, 1.807) is 0 Å². The minimum absolute atomic E-state index is 0.473. The number of carbonyl (C=O) groups excluding carboxylic acids is 1. The number of nitrogens with one attached hydrogen (secondary N) is 2. The minimum atomic E-state index is -0.834. The summed E-state index contributed by atoms with van der Waals surface area (Å²) in [7, 11) is 0. The minimum Gasteiger partial charge on any atom is -0.282 e. The van der Waals surface area contributed by atoms with E-state index in [2.05, 4.69) is 10.3 Å². The second-order valence-corrected chi connectivity index (χ2v) is 3.47. The molecule has 0 atom stereocenters. The highest BCUT2D eigenvalue weighted by Crippen LogP contribution is 2.24. The summed E-state index contributed by atoms with van der Waals surface area (Å²) >= 11 is 1.36. The van der Waals surface area contributed by atoms with Gasteiger partial charge in [-0.1, -0.05) is 23.5 Å². The number of amides is 2. The van der Waals surface area contributed by atoms with Gasteiger partial charge in [-0.05, 0) is 12.1 Å². The summed E-state index contributed by atoms with van der Waals surface area (Å²) in [5.74, 6) is 0. The molecule has 0 bridgehead atoms. The fourth-order valence-electron chi connectivity index (χ4n) is 1.02. The van der Waals surface area contributed by atoms with Crippen molar-refractivity contribution in [1.82, 2.24) is 10.7 Å². The number of para-hydroxylation sites is 1. The van der Waals surface area contributed by atoms with Gasteiger partial charge in [0.1, 0.15) is 0 Å². The van der Waals surface area contributed by atoms with Crippen LogP contribution in [-0.2, 0) is 0 Å². The molecule has 1 radical (unpaired) electrons. The van der Waals surface area contributed by atoms with Crippen LogP contribution in [0.1, 0.15) is 0 Å². The molecule has 1 aromatic carbocycles. The molecule has 0 aliphatic carbocycles. The van der Waals surface area contributed by atoms with E-state index in [4.69, 9.17) is 5.73 Å². The van der Waals surface area contributed by atoms with Crippen molar-refractivity contribution < 1.29 is 4.79 Å². The number of urea groups is 1. The predicted octanol–water partition coefficient (Wildman–Crippen LogP) is 2.11. The van der Waals surface area contributed by atoms with Gasteiger partial charge in [0.2, 0.25) is 0 Å². The summed E-state index contributed by atoms with van der Waals surface area (Å²) < 4.78 is 1.01. The highest BCUT2D eigenvalue weighted by molar-refractivity contribution is 7.22. The molecular weight excluding hydrogens is 186 g/mol. The average Bonchev–Trinajstić information content (AvgIpc) is 2.44. The van der Waals surface area contributed by atoms with Crippen molar-refractivity contribution in [2.24, 2.45) is 0 Å². The lowest BCUT2D eigenvalue weighted by molar-refractivity contribution is 0.258. The van der Waals surface area contributed by atoms with Crippen LogP contribution in [0.3, 0.4) is 0 Å². The van der Waals surface area contributed by atoms with Crippen molar-refractivity contribution in [3.63, 3.8) is 0 Å². The van der Waals surface area contributed by atoms with Crippen LogP contribution in [-0.4, -0.2) is 11.0 Å². The van der Waals surface area contributed by atoms with Crippen LogP contribution in [0.25, 0.3) is 10.2 Å². The van der Waals surface area contributed by atoms with E-state index in [-0.39, 0.29) is 0 Å². The number of anilines is 1. The van der Waals surface area contributed by atoms with E-state index < -0.39 is 6.03 Å². The molecule has 0 spiro atoms. The molecule has 5 heteroatoms. The smallest absolute Gasteiger partial charge is 0.282 e. The van der Waals surface area contributed by atoms with E-state index in [0.717, 1.165) is 10.2 Å². The number of nitrogens with zero attached hydrogens (tertiary/aromatic N) is 1. The van der Waals surface area contributed by atoms with Crippen LogP contribution in [0, 0.1) is 0 Å². The summed E-state index contributed by atoms with van der Waals surface area (Å²) in [5.41, 5.74) is 7.55. The normalized spacial score (nSPS) is 10.2. The summed E-state index contributed by atoms with van der Waals surface area (Å²) in [5, 5.41) is 2.80. The van der Waals surface area contributed by atoms with Gasteiger partial charge in [0.15, 0.2) is 5.13 Å². The van der Waals surface area contributed by atoms with Gasteiger partial charge in [0.25, 0.3) is 0 Å². The van der Waals surface area contributed by atoms with Crippen LogP contribution < -0.4 is 11.1 Å². The molecule has 4 nitrogen and oxygen atoms in total. The summed E-state index contributed by atoms with van der Waals surface area (Å²) in [6, 6.07) is 6.75. The van der Waals surface area contributed by atoms with E-state index in [9.17, 15) is 4.79 Å². The Morgan fingerprint density at radius 2 is 2.23 bits per heavy atom. The highest BCUT2D eigenvalue weighted by Gasteiger charge is 2.03. The monoisotopic (exact) mass is 192 g/mol. The van der Waals surface area contributed by atoms with Gasteiger partial charge in [-0.3, -0.25) is 5.32 Å². The molecule has 0 aliphatic heterocycles. The van der Waals surface area contributed by atoms with Crippen LogP contribution in [0.5, 0.6) is 0 Å². The molecule has 2 N–H and O–H groups in total. The van der Waals surface area contributed by atoms with Crippen LogP contribution in [0.2, 0.25) is 0 Å². The highest BCUT2D eigenvalue weighted by atomic mass is 32.1. The van der Waals surface area contributed by atoms with E-state index in [1.165, 1.54) is 11.3 Å². The SMILES string of the molecule is [NH]C(=O)Nc1nc2ccccc2s1. The Bertz CT molecular complexity index is 418. The lowest BCUT2D eigenvalue weighted by Gasteiger charge is -1.89. The van der Waals surface area contributed by atoms with E-state index >= 15 is 0 Å². The molecule has 2 rings (SSSR count). The molecule has 0 saturated heterocycles. The van der Waals surface area contributed by atoms with Crippen LogP contribution in [0.15, 0.2) is 24.3 Å². The van der Waals surface area contributed by atoms with Gasteiger partial charge in [-0.15, -0.1) is 0 Å². The Morgan fingerprint density at radius 1 is 1.46 bits per heavy atom. The molecule has 0 saturated carbocycles. The zero-order valence-corrected chi connectivity index (χ0v) is 7.39. The predicted molar refractivity (Wildman–Crippen MR) is 51.7 cm³/mol.